The molecule has 0 bridgehead atoms. The van der Waals surface area contributed by atoms with Crippen molar-refractivity contribution in [2.24, 2.45) is 0 Å². The molecule has 2 aromatic carbocycles. The highest BCUT2D eigenvalue weighted by atomic mass is 79.9. The molecule has 28 heavy (non-hydrogen) atoms. The molecule has 3 rings (SSSR count). The third kappa shape index (κ3) is 4.82. The number of amides is 2. The molecule has 1 fully saturated rings. The molecule has 0 radical (unpaired) electrons. The molecule has 144 valence electrons. The molecule has 0 saturated carbocycles. The van der Waals surface area contributed by atoms with Gasteiger partial charge in [0.2, 0.25) is 0 Å². The summed E-state index contributed by atoms with van der Waals surface area (Å²) in [4.78, 5) is 35.7. The van der Waals surface area contributed by atoms with E-state index in [1.165, 1.54) is 0 Å². The summed E-state index contributed by atoms with van der Waals surface area (Å²) in [5.41, 5.74) is 2.91. The van der Waals surface area contributed by atoms with Crippen LogP contribution in [0.1, 0.15) is 16.7 Å². The summed E-state index contributed by atoms with van der Waals surface area (Å²) in [7, 11) is 0. The average molecular weight is 462 g/mol. The molecule has 8 heteroatoms. The van der Waals surface area contributed by atoms with Crippen LogP contribution in [0.4, 0.5) is 4.79 Å². The summed E-state index contributed by atoms with van der Waals surface area (Å²) in [6.07, 6.45) is 1.56. The Hall–Kier alpha value is -2.58. The number of thioether (sulfide) groups is 1. The summed E-state index contributed by atoms with van der Waals surface area (Å²) >= 11 is 4.18. The van der Waals surface area contributed by atoms with Crippen molar-refractivity contribution in [3.63, 3.8) is 0 Å². The van der Waals surface area contributed by atoms with Gasteiger partial charge in [0, 0.05) is 0 Å². The molecule has 2 aromatic rings. The molecule has 0 aromatic heterocycles. The Morgan fingerprint density at radius 3 is 2.71 bits per heavy atom. The first kappa shape index (κ1) is 20.2. The number of nitrogens with zero attached hydrogens (tertiary/aromatic N) is 1. The molecule has 0 unspecified atom stereocenters. The zero-order valence-corrected chi connectivity index (χ0v) is 17.2. The Morgan fingerprint density at radius 1 is 1.25 bits per heavy atom. The fourth-order valence-electron chi connectivity index (χ4n) is 2.61. The van der Waals surface area contributed by atoms with Gasteiger partial charge >= 0.3 is 5.97 Å². The van der Waals surface area contributed by atoms with E-state index in [1.807, 2.05) is 25.1 Å². The molecular weight excluding hydrogens is 446 g/mol. The van der Waals surface area contributed by atoms with Crippen molar-refractivity contribution >= 4 is 50.9 Å². The van der Waals surface area contributed by atoms with E-state index in [9.17, 15) is 14.4 Å². The number of carboxylic acid groups (broad SMARTS) is 1. The Balaban J connectivity index is 1.72. The van der Waals surface area contributed by atoms with E-state index in [1.54, 1.807) is 24.3 Å². The normalized spacial score (nSPS) is 15.4. The summed E-state index contributed by atoms with van der Waals surface area (Å²) in [5.74, 6) is -1.19. The van der Waals surface area contributed by atoms with Crippen molar-refractivity contribution in [3.05, 3.63) is 68.5 Å². The molecule has 1 saturated heterocycles. The summed E-state index contributed by atoms with van der Waals surface area (Å²) in [5, 5.41) is 8.22. The number of carboxylic acids is 1. The smallest absolute Gasteiger partial charge is 0.323 e. The SMILES string of the molecule is Cc1cccc(COc2ccc(/C=C3/SC(=O)N(CC(=O)O)C3=O)cc2Br)c1. The molecule has 1 N–H and O–H groups in total. The maximum Gasteiger partial charge on any atom is 0.323 e. The van der Waals surface area contributed by atoms with Crippen molar-refractivity contribution in [2.45, 2.75) is 13.5 Å². The van der Waals surface area contributed by atoms with E-state index in [2.05, 4.69) is 22.0 Å². The van der Waals surface area contributed by atoms with Crippen LogP contribution < -0.4 is 4.74 Å². The highest BCUT2D eigenvalue weighted by molar-refractivity contribution is 9.10. The summed E-state index contributed by atoms with van der Waals surface area (Å²) in [6.45, 7) is 1.80. The molecule has 1 heterocycles. The van der Waals surface area contributed by atoms with Crippen LogP contribution in [-0.2, 0) is 16.2 Å². The van der Waals surface area contributed by atoms with Gasteiger partial charge in [-0.25, -0.2) is 0 Å². The Kier molecular flexibility index (Phi) is 6.21. The number of hydrogen-bond acceptors (Lipinski definition) is 5. The zero-order valence-electron chi connectivity index (χ0n) is 14.8. The Morgan fingerprint density at radius 2 is 2.04 bits per heavy atom. The van der Waals surface area contributed by atoms with Crippen LogP contribution >= 0.6 is 27.7 Å². The first-order valence-electron chi connectivity index (χ1n) is 8.28. The van der Waals surface area contributed by atoms with Gasteiger partial charge in [-0.15, -0.1) is 0 Å². The van der Waals surface area contributed by atoms with Crippen molar-refractivity contribution < 1.29 is 24.2 Å². The van der Waals surface area contributed by atoms with Gasteiger partial charge in [0.1, 0.15) is 18.9 Å². The third-order valence-electron chi connectivity index (χ3n) is 3.90. The fraction of sp³-hybridized carbons (Fsp3) is 0.150. The first-order chi connectivity index (χ1) is 13.3. The van der Waals surface area contributed by atoms with Gasteiger partial charge in [-0.2, -0.15) is 0 Å². The minimum absolute atomic E-state index is 0.187. The number of ether oxygens (including phenoxy) is 1. The number of aryl methyl sites for hydroxylation is 1. The number of carbonyl (C=O) groups excluding carboxylic acids is 2. The number of halogens is 1. The lowest BCUT2D eigenvalue weighted by atomic mass is 10.1. The number of carbonyl (C=O) groups is 3. The van der Waals surface area contributed by atoms with E-state index < -0.39 is 23.7 Å². The van der Waals surface area contributed by atoms with Crippen LogP contribution in [0, 0.1) is 6.92 Å². The van der Waals surface area contributed by atoms with E-state index in [-0.39, 0.29) is 4.91 Å². The molecule has 0 spiro atoms. The minimum Gasteiger partial charge on any atom is -0.488 e. The lowest BCUT2D eigenvalue weighted by Crippen LogP contribution is -2.33. The number of imide groups is 1. The standard InChI is InChI=1S/C20H16BrNO5S/c1-12-3-2-4-14(7-12)11-27-16-6-5-13(8-15(16)21)9-17-19(25)22(10-18(23)24)20(26)28-17/h2-9H,10-11H2,1H3,(H,23,24)/b17-9+. The molecule has 2 amide bonds. The second-order valence-corrected chi connectivity index (χ2v) is 7.98. The summed E-state index contributed by atoms with van der Waals surface area (Å²) in [6, 6.07) is 13.3. The van der Waals surface area contributed by atoms with E-state index in [0.29, 0.717) is 27.3 Å². The average Bonchev–Trinajstić information content (AvgIpc) is 2.88. The van der Waals surface area contributed by atoms with Gasteiger partial charge in [-0.1, -0.05) is 35.9 Å². The van der Waals surface area contributed by atoms with Crippen molar-refractivity contribution in [1.29, 1.82) is 0 Å². The van der Waals surface area contributed by atoms with Crippen molar-refractivity contribution in [1.82, 2.24) is 4.90 Å². The highest BCUT2D eigenvalue weighted by Gasteiger charge is 2.36. The van der Waals surface area contributed by atoms with Crippen LogP contribution in [-0.4, -0.2) is 33.7 Å². The van der Waals surface area contributed by atoms with Gasteiger partial charge in [0.15, 0.2) is 0 Å². The number of rotatable bonds is 6. The predicted molar refractivity (Wildman–Crippen MR) is 110 cm³/mol. The van der Waals surface area contributed by atoms with Gasteiger partial charge < -0.3 is 9.84 Å². The van der Waals surface area contributed by atoms with E-state index in [0.717, 1.165) is 22.9 Å². The maximum absolute atomic E-state index is 12.2. The van der Waals surface area contributed by atoms with Crippen LogP contribution in [0.25, 0.3) is 6.08 Å². The number of benzene rings is 2. The largest absolute Gasteiger partial charge is 0.488 e. The predicted octanol–water partition coefficient (Wildman–Crippen LogP) is 4.46. The Bertz CT molecular complexity index is 988. The fourth-order valence-corrected chi connectivity index (χ4v) is 3.96. The molecular formula is C20H16BrNO5S. The molecule has 6 nitrogen and oxygen atoms in total. The van der Waals surface area contributed by atoms with Crippen LogP contribution in [0.15, 0.2) is 51.8 Å². The van der Waals surface area contributed by atoms with Gasteiger partial charge in [0.25, 0.3) is 11.1 Å². The van der Waals surface area contributed by atoms with Gasteiger partial charge in [-0.05, 0) is 64.0 Å². The summed E-state index contributed by atoms with van der Waals surface area (Å²) < 4.78 is 6.54. The van der Waals surface area contributed by atoms with E-state index >= 15 is 0 Å². The first-order valence-corrected chi connectivity index (χ1v) is 9.89. The molecule has 1 aliphatic rings. The van der Waals surface area contributed by atoms with Crippen molar-refractivity contribution in [3.8, 4) is 5.75 Å². The lowest BCUT2D eigenvalue weighted by molar-refractivity contribution is -0.140. The minimum atomic E-state index is -1.23. The second-order valence-electron chi connectivity index (χ2n) is 6.13. The highest BCUT2D eigenvalue weighted by Crippen LogP contribution is 2.34. The topological polar surface area (TPSA) is 83.9 Å². The van der Waals surface area contributed by atoms with Gasteiger partial charge in [0.05, 0.1) is 9.38 Å². The lowest BCUT2D eigenvalue weighted by Gasteiger charge is -2.10. The van der Waals surface area contributed by atoms with Crippen molar-refractivity contribution in [2.75, 3.05) is 6.54 Å². The Labute approximate surface area is 174 Å². The quantitative estimate of drug-likeness (QED) is 0.639. The van der Waals surface area contributed by atoms with Gasteiger partial charge in [-0.3, -0.25) is 19.3 Å². The molecule has 0 aliphatic carbocycles. The third-order valence-corrected chi connectivity index (χ3v) is 5.42. The number of hydrogen-bond donors (Lipinski definition) is 1. The van der Waals surface area contributed by atoms with Crippen LogP contribution in [0.3, 0.4) is 0 Å². The maximum atomic E-state index is 12.2. The zero-order chi connectivity index (χ0) is 20.3. The van der Waals surface area contributed by atoms with Crippen LogP contribution in [0.5, 0.6) is 5.75 Å². The van der Waals surface area contributed by atoms with E-state index in [4.69, 9.17) is 9.84 Å². The number of aliphatic carboxylic acids is 1. The molecule has 1 aliphatic heterocycles. The molecule has 0 atom stereocenters. The van der Waals surface area contributed by atoms with Crippen LogP contribution in [0.2, 0.25) is 0 Å². The second kappa shape index (κ2) is 8.62. The monoisotopic (exact) mass is 461 g/mol.